The summed E-state index contributed by atoms with van der Waals surface area (Å²) in [7, 11) is 2.10. The molecule has 0 radical (unpaired) electrons. The quantitative estimate of drug-likeness (QED) is 0.0401. The number of likely N-dealkylation sites (N-methyl/N-ethyl adjacent to an activating group) is 1. The van der Waals surface area contributed by atoms with Gasteiger partial charge in [0.2, 0.25) is 5.91 Å². The van der Waals surface area contributed by atoms with Gasteiger partial charge in [0.1, 0.15) is 6.10 Å². The van der Waals surface area contributed by atoms with Gasteiger partial charge in [-0.05, 0) is 115 Å². The Morgan fingerprint density at radius 1 is 0.925 bits per heavy atom. The van der Waals surface area contributed by atoms with E-state index in [1.807, 2.05) is 20.8 Å². The highest BCUT2D eigenvalue weighted by molar-refractivity contribution is 5.76. The molecule has 2 unspecified atom stereocenters. The molecule has 0 heterocycles. The lowest BCUT2D eigenvalue weighted by molar-refractivity contribution is -0.164. The molecule has 0 aliphatic heterocycles. The van der Waals surface area contributed by atoms with Gasteiger partial charge >= 0.3 is 5.97 Å². The molecular formula is C46H82N2O5. The highest BCUT2D eigenvalue weighted by atomic mass is 16.5. The van der Waals surface area contributed by atoms with E-state index in [-0.39, 0.29) is 48.6 Å². The topological polar surface area (TPSA) is 99.1 Å². The van der Waals surface area contributed by atoms with Crippen LogP contribution in [-0.4, -0.2) is 72.0 Å². The van der Waals surface area contributed by atoms with E-state index in [0.717, 1.165) is 32.4 Å². The van der Waals surface area contributed by atoms with Crippen molar-refractivity contribution >= 4 is 11.9 Å². The van der Waals surface area contributed by atoms with E-state index >= 15 is 0 Å². The maximum atomic E-state index is 13.1. The molecule has 0 spiro atoms. The third-order valence-corrected chi connectivity index (χ3v) is 12.0. The monoisotopic (exact) mass is 743 g/mol. The molecule has 0 fully saturated rings. The van der Waals surface area contributed by atoms with Crippen LogP contribution in [0.5, 0.6) is 0 Å². The lowest BCUT2D eigenvalue weighted by atomic mass is 9.65. The molecule has 2 aliphatic rings. The van der Waals surface area contributed by atoms with Crippen LogP contribution in [0.4, 0.5) is 0 Å². The second-order valence-corrected chi connectivity index (χ2v) is 17.4. The predicted octanol–water partition coefficient (Wildman–Crippen LogP) is 10.1. The molecule has 0 saturated carbocycles. The smallest absolute Gasteiger partial charge is 0.311 e. The van der Waals surface area contributed by atoms with Crippen molar-refractivity contribution < 1.29 is 24.5 Å². The van der Waals surface area contributed by atoms with Crippen LogP contribution < -0.4 is 5.32 Å². The SMILES string of the molecule is CCCCCCCC/C=C\CCCCCCCCN(C)CCNC(=O)C[C@H](O)C[C@@H](O)CC[C@@H]1C2C(=C[C@H](C)CC2OC(=O)C(C)(C)CC)C=C[C@@H]1C. The number of amides is 1. The van der Waals surface area contributed by atoms with Crippen molar-refractivity contribution in [3.63, 3.8) is 0 Å². The molecular weight excluding hydrogens is 661 g/mol. The third-order valence-electron chi connectivity index (χ3n) is 12.0. The van der Waals surface area contributed by atoms with Crippen molar-refractivity contribution in [2.45, 2.75) is 188 Å². The summed E-state index contributed by atoms with van der Waals surface area (Å²) in [5, 5.41) is 24.5. The van der Waals surface area contributed by atoms with Gasteiger partial charge in [0.15, 0.2) is 0 Å². The van der Waals surface area contributed by atoms with Crippen LogP contribution in [0.3, 0.4) is 0 Å². The normalized spacial score (nSPS) is 22.8. The summed E-state index contributed by atoms with van der Waals surface area (Å²) in [5.41, 5.74) is 0.716. The first-order valence-electron chi connectivity index (χ1n) is 21.9. The lowest BCUT2D eigenvalue weighted by Crippen LogP contribution is -2.43. The Balaban J connectivity index is 1.58. The Labute approximate surface area is 325 Å². The predicted molar refractivity (Wildman–Crippen MR) is 222 cm³/mol. The molecule has 2 rings (SSSR count). The molecule has 0 aromatic rings. The molecule has 7 atom stereocenters. The summed E-state index contributed by atoms with van der Waals surface area (Å²) in [5.74, 6) is 0.634. The molecule has 7 heteroatoms. The van der Waals surface area contributed by atoms with E-state index in [2.05, 4.69) is 68.4 Å². The summed E-state index contributed by atoms with van der Waals surface area (Å²) >= 11 is 0. The molecule has 2 aliphatic carbocycles. The van der Waals surface area contributed by atoms with Crippen LogP contribution in [0, 0.1) is 29.1 Å². The second-order valence-electron chi connectivity index (χ2n) is 17.4. The number of carbonyl (C=O) groups excluding carboxylic acids is 2. The average molecular weight is 743 g/mol. The van der Waals surface area contributed by atoms with Gasteiger partial charge in [-0.25, -0.2) is 0 Å². The number of allylic oxidation sites excluding steroid dienone is 5. The minimum atomic E-state index is -0.886. The number of esters is 1. The van der Waals surface area contributed by atoms with Gasteiger partial charge in [-0.2, -0.15) is 0 Å². The van der Waals surface area contributed by atoms with E-state index in [9.17, 15) is 19.8 Å². The van der Waals surface area contributed by atoms with Crippen molar-refractivity contribution in [1.29, 1.82) is 0 Å². The minimum absolute atomic E-state index is 0.00308. The average Bonchev–Trinajstić information content (AvgIpc) is 3.10. The first kappa shape index (κ1) is 47.2. The molecule has 7 nitrogen and oxygen atoms in total. The Kier molecular flexibility index (Phi) is 23.8. The number of nitrogens with zero attached hydrogens (tertiary/aromatic N) is 1. The number of nitrogens with one attached hydrogen (secondary N) is 1. The number of hydrogen-bond donors (Lipinski definition) is 3. The van der Waals surface area contributed by atoms with E-state index in [1.54, 1.807) is 0 Å². The van der Waals surface area contributed by atoms with E-state index in [1.165, 1.54) is 95.5 Å². The summed E-state index contributed by atoms with van der Waals surface area (Å²) < 4.78 is 6.23. The van der Waals surface area contributed by atoms with Crippen molar-refractivity contribution in [3.8, 4) is 0 Å². The number of unbranched alkanes of at least 4 members (excludes halogenated alkanes) is 12. The van der Waals surface area contributed by atoms with Gasteiger partial charge in [0.25, 0.3) is 0 Å². The molecule has 0 aromatic carbocycles. The first-order chi connectivity index (χ1) is 25.4. The Morgan fingerprint density at radius 2 is 1.55 bits per heavy atom. The Hall–Kier alpha value is -1.96. The number of rotatable bonds is 29. The number of aliphatic hydroxyl groups excluding tert-OH is 2. The van der Waals surface area contributed by atoms with Crippen molar-refractivity contribution in [3.05, 3.63) is 36.0 Å². The summed E-state index contributed by atoms with van der Waals surface area (Å²) in [6, 6.07) is 0. The fourth-order valence-electron chi connectivity index (χ4n) is 7.98. The van der Waals surface area contributed by atoms with Crippen LogP contribution in [0.25, 0.3) is 0 Å². The molecule has 0 saturated heterocycles. The molecule has 0 aromatic heterocycles. The van der Waals surface area contributed by atoms with Crippen molar-refractivity contribution in [2.24, 2.45) is 29.1 Å². The van der Waals surface area contributed by atoms with Crippen LogP contribution >= 0.6 is 0 Å². The Morgan fingerprint density at radius 3 is 2.19 bits per heavy atom. The maximum absolute atomic E-state index is 13.1. The molecule has 1 amide bonds. The van der Waals surface area contributed by atoms with Gasteiger partial charge in [-0.1, -0.05) is 116 Å². The van der Waals surface area contributed by atoms with Crippen LogP contribution in [0.15, 0.2) is 36.0 Å². The number of carbonyl (C=O) groups is 2. The zero-order valence-electron chi connectivity index (χ0n) is 35.3. The van der Waals surface area contributed by atoms with Gasteiger partial charge in [0, 0.05) is 19.0 Å². The summed E-state index contributed by atoms with van der Waals surface area (Å²) in [6.45, 7) is 14.9. The summed E-state index contributed by atoms with van der Waals surface area (Å²) in [4.78, 5) is 27.9. The minimum Gasteiger partial charge on any atom is -0.461 e. The Bertz CT molecular complexity index is 1100. The molecule has 3 N–H and O–H groups in total. The number of hydrogen-bond acceptors (Lipinski definition) is 6. The molecule has 0 bridgehead atoms. The maximum Gasteiger partial charge on any atom is 0.311 e. The van der Waals surface area contributed by atoms with Crippen molar-refractivity contribution in [2.75, 3.05) is 26.7 Å². The van der Waals surface area contributed by atoms with E-state index in [4.69, 9.17) is 4.74 Å². The van der Waals surface area contributed by atoms with Gasteiger partial charge in [-0.3, -0.25) is 9.59 Å². The fourth-order valence-corrected chi connectivity index (χ4v) is 7.98. The molecule has 53 heavy (non-hydrogen) atoms. The number of ether oxygens (including phenoxy) is 1. The van der Waals surface area contributed by atoms with E-state index < -0.39 is 17.6 Å². The van der Waals surface area contributed by atoms with Crippen LogP contribution in [0.2, 0.25) is 0 Å². The zero-order chi connectivity index (χ0) is 39.1. The summed E-state index contributed by atoms with van der Waals surface area (Å²) in [6.07, 6.45) is 31.1. The van der Waals surface area contributed by atoms with Gasteiger partial charge < -0.3 is 25.2 Å². The third kappa shape index (κ3) is 19.5. The highest BCUT2D eigenvalue weighted by Crippen LogP contribution is 2.45. The van der Waals surface area contributed by atoms with Crippen LogP contribution in [0.1, 0.15) is 170 Å². The fraction of sp³-hybridized carbons (Fsp3) is 0.826. The first-order valence-corrected chi connectivity index (χ1v) is 21.9. The molecule has 306 valence electrons. The largest absolute Gasteiger partial charge is 0.461 e. The van der Waals surface area contributed by atoms with Crippen molar-refractivity contribution in [1.82, 2.24) is 10.2 Å². The number of fused-ring (bicyclic) bond motifs is 1. The van der Waals surface area contributed by atoms with Gasteiger partial charge in [-0.15, -0.1) is 0 Å². The second kappa shape index (κ2) is 26.8. The standard InChI is InChI=1S/C46H82N2O5/c1-8-10-11-12-13-14-15-16-17-18-19-20-21-22-23-24-30-48(7)31-29-47-43(51)35-40(50)34-39(49)27-28-41-37(4)25-26-38-32-36(3)33-42(44(38)41)53-45(52)46(5,6)9-2/h16-17,25-26,32,36-37,39-42,44,49-50H,8-15,18-24,27-31,33-35H2,1-7H3,(H,47,51)/b17-16-/t36-,37-,39-,40+,41-,42?,44?/m0/s1. The zero-order valence-corrected chi connectivity index (χ0v) is 35.3. The highest BCUT2D eigenvalue weighted by Gasteiger charge is 2.43. The number of aliphatic hydroxyl groups is 2. The van der Waals surface area contributed by atoms with Gasteiger partial charge in [0.05, 0.1) is 24.0 Å². The van der Waals surface area contributed by atoms with Crippen LogP contribution in [-0.2, 0) is 14.3 Å². The van der Waals surface area contributed by atoms with E-state index in [0.29, 0.717) is 18.9 Å². The lowest BCUT2D eigenvalue weighted by Gasteiger charge is -2.44.